The highest BCUT2D eigenvalue weighted by atomic mass is 15.2. The number of nitrogens with zero attached hydrogens (tertiary/aromatic N) is 6. The molecule has 3 aromatic rings. The summed E-state index contributed by atoms with van der Waals surface area (Å²) < 4.78 is 0. The van der Waals surface area contributed by atoms with Crippen molar-refractivity contribution in [2.75, 3.05) is 0 Å². The summed E-state index contributed by atoms with van der Waals surface area (Å²) in [6.07, 6.45) is 0. The molecule has 0 radical (unpaired) electrons. The monoisotopic (exact) mass is 260 g/mol. The van der Waals surface area contributed by atoms with Gasteiger partial charge in [-0.3, -0.25) is 0 Å². The number of hydrogen-bond donors (Lipinski definition) is 0. The molecule has 6 heteroatoms. The molecule has 0 bridgehead atoms. The summed E-state index contributed by atoms with van der Waals surface area (Å²) in [4.78, 5) is 5.58. The lowest BCUT2D eigenvalue weighted by Gasteiger charge is -2.07. The van der Waals surface area contributed by atoms with Crippen LogP contribution in [0.3, 0.4) is 0 Å². The van der Waals surface area contributed by atoms with E-state index < -0.39 is 0 Å². The highest BCUT2D eigenvalue weighted by molar-refractivity contribution is 6.05. The van der Waals surface area contributed by atoms with Crippen molar-refractivity contribution in [3.63, 3.8) is 0 Å². The van der Waals surface area contributed by atoms with Crippen LogP contribution in [-0.4, -0.2) is 0 Å². The molecule has 0 fully saturated rings. The van der Waals surface area contributed by atoms with Crippen molar-refractivity contribution in [3.05, 3.63) is 69.4 Å². The van der Waals surface area contributed by atoms with Gasteiger partial charge in [0.1, 0.15) is 0 Å². The smallest absolute Gasteiger partial charge is 0.0549 e. The number of azide groups is 2. The Morgan fingerprint density at radius 3 is 2.15 bits per heavy atom. The van der Waals surface area contributed by atoms with E-state index in [1.165, 1.54) is 0 Å². The molecule has 20 heavy (non-hydrogen) atoms. The Labute approximate surface area is 113 Å². The van der Waals surface area contributed by atoms with E-state index in [9.17, 15) is 0 Å². The van der Waals surface area contributed by atoms with Crippen molar-refractivity contribution in [1.29, 1.82) is 0 Å². The van der Waals surface area contributed by atoms with E-state index in [4.69, 9.17) is 11.1 Å². The van der Waals surface area contributed by atoms with E-state index in [1.807, 2.05) is 42.5 Å². The second kappa shape index (κ2) is 4.82. The second-order valence-electron chi connectivity index (χ2n) is 4.23. The van der Waals surface area contributed by atoms with Crippen molar-refractivity contribution in [3.8, 4) is 0 Å². The molecule has 0 saturated carbocycles. The van der Waals surface area contributed by atoms with Gasteiger partial charge in [0.15, 0.2) is 0 Å². The second-order valence-corrected chi connectivity index (χ2v) is 4.23. The number of hydrogen-bond acceptors (Lipinski definition) is 2. The van der Waals surface area contributed by atoms with Crippen LogP contribution in [0.2, 0.25) is 0 Å². The zero-order valence-electron chi connectivity index (χ0n) is 10.3. The topological polar surface area (TPSA) is 97.5 Å². The first-order valence-electron chi connectivity index (χ1n) is 5.89. The third kappa shape index (κ3) is 1.87. The van der Waals surface area contributed by atoms with Gasteiger partial charge in [0.05, 0.1) is 5.69 Å². The van der Waals surface area contributed by atoms with Crippen LogP contribution >= 0.6 is 0 Å². The third-order valence-electron chi connectivity index (χ3n) is 3.13. The molecule has 0 saturated heterocycles. The maximum atomic E-state index is 8.71. The van der Waals surface area contributed by atoms with Crippen LogP contribution in [0.5, 0.6) is 0 Å². The Morgan fingerprint density at radius 2 is 1.45 bits per heavy atom. The van der Waals surface area contributed by atoms with E-state index in [1.54, 1.807) is 6.07 Å². The van der Waals surface area contributed by atoms with Gasteiger partial charge in [0, 0.05) is 15.5 Å². The van der Waals surface area contributed by atoms with Crippen LogP contribution in [0, 0.1) is 0 Å². The van der Waals surface area contributed by atoms with Crippen molar-refractivity contribution in [2.24, 2.45) is 10.2 Å². The zero-order chi connectivity index (χ0) is 13.9. The maximum Gasteiger partial charge on any atom is 0.0549 e. The Morgan fingerprint density at radius 1 is 0.750 bits per heavy atom. The molecule has 0 aromatic heterocycles. The molecule has 0 spiro atoms. The van der Waals surface area contributed by atoms with Crippen molar-refractivity contribution in [2.45, 2.75) is 0 Å². The molecule has 0 aliphatic carbocycles. The first kappa shape index (κ1) is 11.9. The van der Waals surface area contributed by atoms with Gasteiger partial charge in [-0.1, -0.05) is 46.6 Å². The molecule has 0 unspecified atom stereocenters. The van der Waals surface area contributed by atoms with E-state index >= 15 is 0 Å². The molecule has 0 atom stereocenters. The summed E-state index contributed by atoms with van der Waals surface area (Å²) in [6.45, 7) is 0. The van der Waals surface area contributed by atoms with Crippen molar-refractivity contribution in [1.82, 2.24) is 0 Å². The first-order valence-corrected chi connectivity index (χ1v) is 5.89. The summed E-state index contributed by atoms with van der Waals surface area (Å²) in [5.74, 6) is 0. The Balaban J connectivity index is 2.48. The predicted octanol–water partition coefficient (Wildman–Crippen LogP) is 5.88. The molecule has 94 valence electrons. The minimum absolute atomic E-state index is 0.327. The van der Waals surface area contributed by atoms with Gasteiger partial charge in [-0.2, -0.15) is 0 Å². The SMILES string of the molecule is [N-]=[N+]=Nc1ccc2cc3ccccc3cc2c1N=[N+]=[N-]. The molecule has 0 heterocycles. The molecule has 0 aliphatic rings. The van der Waals surface area contributed by atoms with E-state index in [2.05, 4.69) is 20.1 Å². The van der Waals surface area contributed by atoms with Crippen molar-refractivity contribution >= 4 is 32.9 Å². The summed E-state index contributed by atoms with van der Waals surface area (Å²) in [7, 11) is 0. The fraction of sp³-hybridized carbons (Fsp3) is 0. The number of fused-ring (bicyclic) bond motifs is 2. The lowest BCUT2D eigenvalue weighted by Crippen LogP contribution is -1.77. The minimum Gasteiger partial charge on any atom is -0.0616 e. The Kier molecular flexibility index (Phi) is 2.86. The lowest BCUT2D eigenvalue weighted by molar-refractivity contribution is 1.43. The number of benzene rings is 3. The molecule has 3 aromatic carbocycles. The molecule has 0 aliphatic heterocycles. The highest BCUT2D eigenvalue weighted by Gasteiger charge is 2.06. The van der Waals surface area contributed by atoms with Crippen LogP contribution in [0.15, 0.2) is 58.8 Å². The molecular weight excluding hydrogens is 252 g/mol. The van der Waals surface area contributed by atoms with Gasteiger partial charge in [-0.25, -0.2) is 0 Å². The predicted molar refractivity (Wildman–Crippen MR) is 79.1 cm³/mol. The minimum atomic E-state index is 0.327. The quantitative estimate of drug-likeness (QED) is 0.238. The average Bonchev–Trinajstić information content (AvgIpc) is 2.48. The normalized spacial score (nSPS) is 10.0. The molecule has 6 nitrogen and oxygen atoms in total. The maximum absolute atomic E-state index is 8.71. The van der Waals surface area contributed by atoms with Crippen LogP contribution in [-0.2, 0) is 0 Å². The Hall–Kier alpha value is -3.20. The summed E-state index contributed by atoms with van der Waals surface area (Å²) >= 11 is 0. The van der Waals surface area contributed by atoms with Gasteiger partial charge < -0.3 is 0 Å². The summed E-state index contributed by atoms with van der Waals surface area (Å²) in [5, 5.41) is 11.1. The standard InChI is InChI=1S/C14H8N6/c15-19-17-13-6-5-11-7-9-3-1-2-4-10(9)8-12(11)14(13)18-20-16/h1-8H. The lowest BCUT2D eigenvalue weighted by atomic mass is 10.0. The van der Waals surface area contributed by atoms with Gasteiger partial charge in [0.25, 0.3) is 0 Å². The Bertz CT molecular complexity index is 917. The fourth-order valence-corrected chi connectivity index (χ4v) is 2.27. The number of rotatable bonds is 2. The molecular formula is C14H8N6. The molecule has 0 N–H and O–H groups in total. The van der Waals surface area contributed by atoms with E-state index in [-0.39, 0.29) is 0 Å². The van der Waals surface area contributed by atoms with Gasteiger partial charge in [0.2, 0.25) is 0 Å². The van der Waals surface area contributed by atoms with Crippen molar-refractivity contribution < 1.29 is 0 Å². The van der Waals surface area contributed by atoms with Crippen LogP contribution < -0.4 is 0 Å². The average molecular weight is 260 g/mol. The molecule has 0 amide bonds. The summed E-state index contributed by atoms with van der Waals surface area (Å²) in [6, 6.07) is 15.4. The van der Waals surface area contributed by atoms with Gasteiger partial charge in [-0.15, -0.1) is 0 Å². The fourth-order valence-electron chi connectivity index (χ4n) is 2.27. The zero-order valence-corrected chi connectivity index (χ0v) is 10.3. The van der Waals surface area contributed by atoms with E-state index in [0.29, 0.717) is 11.4 Å². The third-order valence-corrected chi connectivity index (χ3v) is 3.13. The van der Waals surface area contributed by atoms with Gasteiger partial charge >= 0.3 is 0 Å². The first-order chi connectivity index (χ1) is 9.83. The van der Waals surface area contributed by atoms with Crippen LogP contribution in [0.1, 0.15) is 0 Å². The largest absolute Gasteiger partial charge is 0.0616 e. The van der Waals surface area contributed by atoms with Crippen LogP contribution in [0.4, 0.5) is 11.4 Å². The van der Waals surface area contributed by atoms with Crippen LogP contribution in [0.25, 0.3) is 42.4 Å². The summed E-state index contributed by atoms with van der Waals surface area (Å²) in [5.41, 5.74) is 18.0. The molecule has 3 rings (SSSR count). The van der Waals surface area contributed by atoms with E-state index in [0.717, 1.165) is 21.5 Å². The van der Waals surface area contributed by atoms with Gasteiger partial charge in [-0.05, 0) is 44.7 Å². The highest BCUT2D eigenvalue weighted by Crippen LogP contribution is 2.38.